The molecule has 0 saturated heterocycles. The monoisotopic (exact) mass is 384 g/mol. The normalized spacial score (nSPS) is 26.6. The number of benzene rings is 1. The second-order valence-electron chi connectivity index (χ2n) is 7.27. The Morgan fingerprint density at radius 2 is 2.04 bits per heavy atom. The van der Waals surface area contributed by atoms with Crippen molar-refractivity contribution in [2.75, 3.05) is 6.54 Å². The van der Waals surface area contributed by atoms with Crippen LogP contribution in [-0.2, 0) is 14.8 Å². The predicted octanol–water partition coefficient (Wildman–Crippen LogP) is 2.95. The van der Waals surface area contributed by atoms with Gasteiger partial charge in [0.15, 0.2) is 0 Å². The highest BCUT2D eigenvalue weighted by Gasteiger charge is 2.42. The van der Waals surface area contributed by atoms with E-state index in [0.29, 0.717) is 5.92 Å². The Labute approximate surface area is 154 Å². The lowest BCUT2D eigenvalue weighted by atomic mass is 9.84. The van der Waals surface area contributed by atoms with Crippen LogP contribution in [0.3, 0.4) is 0 Å². The average Bonchev–Trinajstić information content (AvgIpc) is 3.18. The van der Waals surface area contributed by atoms with Crippen LogP contribution in [0, 0.1) is 17.8 Å². The van der Waals surface area contributed by atoms with E-state index in [-0.39, 0.29) is 34.8 Å². The zero-order valence-electron chi connectivity index (χ0n) is 14.4. The first-order valence-electron chi connectivity index (χ1n) is 8.90. The molecule has 1 aromatic carbocycles. The highest BCUT2D eigenvalue weighted by Crippen LogP contribution is 2.49. The van der Waals surface area contributed by atoms with E-state index in [9.17, 15) is 13.2 Å². The van der Waals surface area contributed by atoms with E-state index >= 15 is 0 Å². The van der Waals surface area contributed by atoms with Gasteiger partial charge in [0.2, 0.25) is 15.9 Å². The number of hydrogen-bond donors (Lipinski definition) is 2. The third-order valence-electron chi connectivity index (χ3n) is 5.59. The maximum absolute atomic E-state index is 12.2. The van der Waals surface area contributed by atoms with Crippen molar-refractivity contribution in [2.45, 2.75) is 50.0 Å². The standard InChI is InChI=1S/C18H25ClN2O3S/c1-12(15-11-13-6-7-14(15)10-13)21-18(22)8-9-20-25(23,24)17-5-3-2-4-16(17)19/h2-5,12-15,20H,6-11H2,1H3,(H,21,22). The van der Waals surface area contributed by atoms with E-state index in [2.05, 4.69) is 17.0 Å². The third-order valence-corrected chi connectivity index (χ3v) is 7.55. The zero-order valence-corrected chi connectivity index (χ0v) is 15.9. The van der Waals surface area contributed by atoms with E-state index in [1.54, 1.807) is 12.1 Å². The lowest BCUT2D eigenvalue weighted by Gasteiger charge is -2.28. The lowest BCUT2D eigenvalue weighted by molar-refractivity contribution is -0.122. The Kier molecular flexibility index (Phi) is 5.71. The minimum Gasteiger partial charge on any atom is -0.353 e. The van der Waals surface area contributed by atoms with Crippen molar-refractivity contribution in [2.24, 2.45) is 17.8 Å². The Morgan fingerprint density at radius 1 is 1.28 bits per heavy atom. The van der Waals surface area contributed by atoms with E-state index in [1.807, 2.05) is 0 Å². The maximum Gasteiger partial charge on any atom is 0.242 e. The van der Waals surface area contributed by atoms with Gasteiger partial charge in [0.25, 0.3) is 0 Å². The zero-order chi connectivity index (χ0) is 18.0. The molecule has 2 N–H and O–H groups in total. The molecule has 4 unspecified atom stereocenters. The fourth-order valence-electron chi connectivity index (χ4n) is 4.38. The molecule has 2 bridgehead atoms. The molecule has 1 aromatic rings. The number of carbonyl (C=O) groups is 1. The first-order valence-corrected chi connectivity index (χ1v) is 10.8. The first kappa shape index (κ1) is 18.7. The molecule has 2 aliphatic rings. The number of amides is 1. The van der Waals surface area contributed by atoms with E-state index < -0.39 is 10.0 Å². The maximum atomic E-state index is 12.2. The summed E-state index contributed by atoms with van der Waals surface area (Å²) in [6, 6.07) is 6.42. The summed E-state index contributed by atoms with van der Waals surface area (Å²) in [5, 5.41) is 3.21. The Bertz CT molecular complexity index is 738. The van der Waals surface area contributed by atoms with Crippen molar-refractivity contribution in [3.63, 3.8) is 0 Å². The van der Waals surface area contributed by atoms with Gasteiger partial charge in [-0.15, -0.1) is 0 Å². The number of fused-ring (bicyclic) bond motifs is 2. The second-order valence-corrected chi connectivity index (χ2v) is 9.42. The molecule has 0 aromatic heterocycles. The minimum absolute atomic E-state index is 0.0347. The molecule has 7 heteroatoms. The molecule has 5 nitrogen and oxygen atoms in total. The molecular formula is C18H25ClN2O3S. The van der Waals surface area contributed by atoms with Gasteiger partial charge in [-0.05, 0) is 56.1 Å². The van der Waals surface area contributed by atoms with E-state index in [1.165, 1.54) is 37.8 Å². The second kappa shape index (κ2) is 7.64. The van der Waals surface area contributed by atoms with Crippen LogP contribution in [-0.4, -0.2) is 26.9 Å². The molecule has 2 fully saturated rings. The fraction of sp³-hybridized carbons (Fsp3) is 0.611. The SMILES string of the molecule is CC(NC(=O)CCNS(=O)(=O)c1ccccc1Cl)C1CC2CCC1C2. The molecule has 1 amide bonds. The van der Waals surface area contributed by atoms with Crippen molar-refractivity contribution >= 4 is 27.5 Å². The number of nitrogens with one attached hydrogen (secondary N) is 2. The Morgan fingerprint density at radius 3 is 2.68 bits per heavy atom. The summed E-state index contributed by atoms with van der Waals surface area (Å²) in [5.41, 5.74) is 0. The van der Waals surface area contributed by atoms with Crippen LogP contribution in [0.15, 0.2) is 29.2 Å². The van der Waals surface area contributed by atoms with Crippen LogP contribution in [0.25, 0.3) is 0 Å². The molecule has 25 heavy (non-hydrogen) atoms. The molecule has 0 radical (unpaired) electrons. The molecule has 0 spiro atoms. The van der Waals surface area contributed by atoms with Crippen molar-refractivity contribution < 1.29 is 13.2 Å². The highest BCUT2D eigenvalue weighted by molar-refractivity contribution is 7.89. The Hall–Kier alpha value is -1.11. The molecule has 3 rings (SSSR count). The number of hydrogen-bond acceptors (Lipinski definition) is 3. The van der Waals surface area contributed by atoms with Crippen LogP contribution in [0.4, 0.5) is 0 Å². The summed E-state index contributed by atoms with van der Waals surface area (Å²) in [6.07, 6.45) is 5.27. The summed E-state index contributed by atoms with van der Waals surface area (Å²) >= 11 is 5.92. The average molecular weight is 385 g/mol. The van der Waals surface area contributed by atoms with Gasteiger partial charge in [-0.2, -0.15) is 0 Å². The number of sulfonamides is 1. The van der Waals surface area contributed by atoms with Gasteiger partial charge in [-0.1, -0.05) is 30.2 Å². The molecule has 2 saturated carbocycles. The third kappa shape index (κ3) is 4.36. The smallest absolute Gasteiger partial charge is 0.242 e. The van der Waals surface area contributed by atoms with Gasteiger partial charge in [0, 0.05) is 19.0 Å². The van der Waals surface area contributed by atoms with Crippen LogP contribution in [0.5, 0.6) is 0 Å². The van der Waals surface area contributed by atoms with Gasteiger partial charge < -0.3 is 5.32 Å². The van der Waals surface area contributed by atoms with Gasteiger partial charge in [0.05, 0.1) is 5.02 Å². The molecular weight excluding hydrogens is 360 g/mol. The number of halogens is 1. The van der Waals surface area contributed by atoms with Crippen molar-refractivity contribution in [1.29, 1.82) is 0 Å². The Balaban J connectivity index is 1.45. The van der Waals surface area contributed by atoms with Gasteiger partial charge in [-0.25, -0.2) is 13.1 Å². The fourth-order valence-corrected chi connectivity index (χ4v) is 5.93. The van der Waals surface area contributed by atoms with Gasteiger partial charge >= 0.3 is 0 Å². The van der Waals surface area contributed by atoms with Crippen molar-refractivity contribution in [3.05, 3.63) is 29.3 Å². The predicted molar refractivity (Wildman–Crippen MR) is 97.8 cm³/mol. The van der Waals surface area contributed by atoms with Gasteiger partial charge in [-0.3, -0.25) is 4.79 Å². The lowest BCUT2D eigenvalue weighted by Crippen LogP contribution is -2.41. The van der Waals surface area contributed by atoms with Crippen LogP contribution < -0.4 is 10.0 Å². The van der Waals surface area contributed by atoms with E-state index in [0.717, 1.165) is 11.8 Å². The van der Waals surface area contributed by atoms with Crippen LogP contribution in [0.2, 0.25) is 5.02 Å². The quantitative estimate of drug-likeness (QED) is 0.758. The summed E-state index contributed by atoms with van der Waals surface area (Å²) in [4.78, 5) is 12.2. The summed E-state index contributed by atoms with van der Waals surface area (Å²) in [6.45, 7) is 2.13. The largest absolute Gasteiger partial charge is 0.353 e. The molecule has 2 aliphatic carbocycles. The highest BCUT2D eigenvalue weighted by atomic mass is 35.5. The molecule has 138 valence electrons. The number of rotatable bonds is 7. The number of carbonyl (C=O) groups excluding carboxylic acids is 1. The van der Waals surface area contributed by atoms with Gasteiger partial charge in [0.1, 0.15) is 4.90 Å². The topological polar surface area (TPSA) is 75.3 Å². The summed E-state index contributed by atoms with van der Waals surface area (Å²) < 4.78 is 26.9. The molecule has 4 atom stereocenters. The summed E-state index contributed by atoms with van der Waals surface area (Å²) in [5.74, 6) is 2.05. The van der Waals surface area contributed by atoms with Crippen LogP contribution >= 0.6 is 11.6 Å². The van der Waals surface area contributed by atoms with Crippen LogP contribution in [0.1, 0.15) is 39.0 Å². The minimum atomic E-state index is -3.70. The summed E-state index contributed by atoms with van der Waals surface area (Å²) in [7, 11) is -3.70. The first-order chi connectivity index (χ1) is 11.9. The van der Waals surface area contributed by atoms with Crippen molar-refractivity contribution in [3.8, 4) is 0 Å². The molecule has 0 heterocycles. The molecule has 0 aliphatic heterocycles. The van der Waals surface area contributed by atoms with E-state index in [4.69, 9.17) is 11.6 Å². The van der Waals surface area contributed by atoms with Crippen molar-refractivity contribution in [1.82, 2.24) is 10.0 Å².